The van der Waals surface area contributed by atoms with Crippen molar-refractivity contribution in [2.75, 3.05) is 0 Å². The molecule has 2 N–H and O–H groups in total. The molecular weight excluding hydrogens is 261 g/mol. The topological polar surface area (TPSA) is 26.0 Å². The van der Waals surface area contributed by atoms with Crippen LogP contribution in [0.3, 0.4) is 0 Å². The highest BCUT2D eigenvalue weighted by atomic mass is 79.9. The largest absolute Gasteiger partial charge is 0.321 e. The van der Waals surface area contributed by atoms with E-state index in [4.69, 9.17) is 17.3 Å². The van der Waals surface area contributed by atoms with Gasteiger partial charge in [0, 0.05) is 15.0 Å². The van der Waals surface area contributed by atoms with Gasteiger partial charge in [0.1, 0.15) is 0 Å². The maximum Gasteiger partial charge on any atom is 0.0449 e. The molecule has 1 aromatic rings. The van der Waals surface area contributed by atoms with Crippen LogP contribution in [-0.2, 0) is 5.54 Å². The zero-order valence-corrected chi connectivity index (χ0v) is 10.5. The number of hydrogen-bond donors (Lipinski definition) is 1. The molecule has 1 aromatic carbocycles. The lowest BCUT2D eigenvalue weighted by molar-refractivity contribution is 0.252. The maximum atomic E-state index is 6.28. The smallest absolute Gasteiger partial charge is 0.0449 e. The van der Waals surface area contributed by atoms with Gasteiger partial charge in [-0.3, -0.25) is 0 Å². The first-order valence-corrected chi connectivity index (χ1v) is 5.95. The van der Waals surface area contributed by atoms with E-state index in [1.807, 2.05) is 13.0 Å². The van der Waals surface area contributed by atoms with Gasteiger partial charge in [-0.25, -0.2) is 0 Å². The third-order valence-electron chi connectivity index (χ3n) is 3.09. The fraction of sp³-hybridized carbons (Fsp3) is 0.455. The molecule has 0 aliphatic heterocycles. The van der Waals surface area contributed by atoms with Gasteiger partial charge in [0.2, 0.25) is 0 Å². The van der Waals surface area contributed by atoms with Crippen LogP contribution in [-0.4, -0.2) is 0 Å². The fourth-order valence-corrected chi connectivity index (χ4v) is 2.80. The molecule has 1 aliphatic carbocycles. The molecule has 1 saturated carbocycles. The average molecular weight is 275 g/mol. The van der Waals surface area contributed by atoms with Crippen molar-refractivity contribution in [3.63, 3.8) is 0 Å². The van der Waals surface area contributed by atoms with Gasteiger partial charge in [-0.15, -0.1) is 0 Å². The van der Waals surface area contributed by atoms with Crippen molar-refractivity contribution in [1.82, 2.24) is 0 Å². The molecule has 0 atom stereocenters. The highest BCUT2D eigenvalue weighted by Gasteiger charge is 2.35. The highest BCUT2D eigenvalue weighted by molar-refractivity contribution is 9.10. The zero-order chi connectivity index (χ0) is 10.3. The monoisotopic (exact) mass is 273 g/mol. The summed E-state index contributed by atoms with van der Waals surface area (Å²) in [7, 11) is 0. The molecule has 1 fully saturated rings. The Morgan fingerprint density at radius 2 is 2.07 bits per heavy atom. The highest BCUT2D eigenvalue weighted by Crippen LogP contribution is 2.42. The number of benzene rings is 1. The molecule has 0 bridgehead atoms. The van der Waals surface area contributed by atoms with Gasteiger partial charge in [-0.2, -0.15) is 0 Å². The first-order valence-electron chi connectivity index (χ1n) is 4.78. The molecule has 0 saturated heterocycles. The fourth-order valence-electron chi connectivity index (χ4n) is 1.99. The molecule has 2 rings (SSSR count). The number of halogens is 2. The number of nitrogens with two attached hydrogens (primary N) is 1. The molecule has 76 valence electrons. The van der Waals surface area contributed by atoms with Gasteiger partial charge >= 0.3 is 0 Å². The van der Waals surface area contributed by atoms with E-state index in [2.05, 4.69) is 22.0 Å². The van der Waals surface area contributed by atoms with E-state index < -0.39 is 0 Å². The first kappa shape index (κ1) is 10.5. The first-order chi connectivity index (χ1) is 6.53. The Morgan fingerprint density at radius 3 is 2.57 bits per heavy atom. The van der Waals surface area contributed by atoms with E-state index in [0.717, 1.165) is 27.9 Å². The standard InChI is InChI=1S/C11H13BrClN/c1-7-9(11(14)3-2-4-11)5-8(12)6-10(7)13/h5-6H,2-4,14H2,1H3. The van der Waals surface area contributed by atoms with Crippen LogP contribution >= 0.6 is 27.5 Å². The van der Waals surface area contributed by atoms with Crippen molar-refractivity contribution in [1.29, 1.82) is 0 Å². The molecule has 0 radical (unpaired) electrons. The summed E-state index contributed by atoms with van der Waals surface area (Å²) >= 11 is 9.57. The van der Waals surface area contributed by atoms with Crippen LogP contribution in [0.15, 0.2) is 16.6 Å². The van der Waals surface area contributed by atoms with Crippen molar-refractivity contribution < 1.29 is 0 Å². The SMILES string of the molecule is Cc1c(Cl)cc(Br)cc1C1(N)CCC1. The summed E-state index contributed by atoms with van der Waals surface area (Å²) in [5.74, 6) is 0. The van der Waals surface area contributed by atoms with Gasteiger partial charge in [0.25, 0.3) is 0 Å². The Morgan fingerprint density at radius 1 is 1.43 bits per heavy atom. The van der Waals surface area contributed by atoms with Crippen LogP contribution in [0.4, 0.5) is 0 Å². The second kappa shape index (κ2) is 3.51. The van der Waals surface area contributed by atoms with Crippen LogP contribution in [0.5, 0.6) is 0 Å². The molecule has 1 nitrogen and oxygen atoms in total. The number of hydrogen-bond acceptors (Lipinski definition) is 1. The molecular formula is C11H13BrClN. The minimum atomic E-state index is -0.127. The molecule has 1 aliphatic rings. The minimum absolute atomic E-state index is 0.127. The van der Waals surface area contributed by atoms with E-state index in [0.29, 0.717) is 0 Å². The second-order valence-electron chi connectivity index (χ2n) is 4.07. The summed E-state index contributed by atoms with van der Waals surface area (Å²) in [5, 5.41) is 0.797. The van der Waals surface area contributed by atoms with Crippen molar-refractivity contribution in [3.8, 4) is 0 Å². The third-order valence-corrected chi connectivity index (χ3v) is 3.94. The van der Waals surface area contributed by atoms with Crippen LogP contribution in [0.2, 0.25) is 5.02 Å². The van der Waals surface area contributed by atoms with Gasteiger partial charge in [-0.1, -0.05) is 27.5 Å². The molecule has 0 unspecified atom stereocenters. The molecule has 0 aromatic heterocycles. The van der Waals surface area contributed by atoms with Gasteiger partial charge in [-0.05, 0) is 49.4 Å². The lowest BCUT2D eigenvalue weighted by Gasteiger charge is -2.40. The second-order valence-corrected chi connectivity index (χ2v) is 5.39. The number of rotatable bonds is 1. The van der Waals surface area contributed by atoms with E-state index in [1.165, 1.54) is 12.0 Å². The summed E-state index contributed by atoms with van der Waals surface area (Å²) in [6, 6.07) is 4.02. The molecule has 0 amide bonds. The van der Waals surface area contributed by atoms with E-state index >= 15 is 0 Å². The van der Waals surface area contributed by atoms with Gasteiger partial charge in [0.15, 0.2) is 0 Å². The Kier molecular flexibility index (Phi) is 2.63. The van der Waals surface area contributed by atoms with Gasteiger partial charge in [0.05, 0.1) is 0 Å². The zero-order valence-electron chi connectivity index (χ0n) is 8.11. The average Bonchev–Trinajstić information content (AvgIpc) is 2.07. The van der Waals surface area contributed by atoms with Crippen molar-refractivity contribution in [3.05, 3.63) is 32.8 Å². The normalized spacial score (nSPS) is 19.1. The summed E-state index contributed by atoms with van der Waals surface area (Å²) in [5.41, 5.74) is 8.48. The van der Waals surface area contributed by atoms with Gasteiger partial charge < -0.3 is 5.73 Å². The minimum Gasteiger partial charge on any atom is -0.321 e. The Labute approximate surface area is 97.8 Å². The summed E-state index contributed by atoms with van der Waals surface area (Å²) in [4.78, 5) is 0. The molecule has 3 heteroatoms. The summed E-state index contributed by atoms with van der Waals surface area (Å²) < 4.78 is 1.01. The Balaban J connectivity index is 2.51. The maximum absolute atomic E-state index is 6.28. The molecule has 14 heavy (non-hydrogen) atoms. The lowest BCUT2D eigenvalue weighted by atomic mass is 9.71. The molecule has 0 spiro atoms. The summed E-state index contributed by atoms with van der Waals surface area (Å²) in [6.45, 7) is 2.04. The Bertz CT molecular complexity index is 372. The quantitative estimate of drug-likeness (QED) is 0.829. The van der Waals surface area contributed by atoms with E-state index in [-0.39, 0.29) is 5.54 Å². The predicted molar refractivity (Wildman–Crippen MR) is 63.6 cm³/mol. The lowest BCUT2D eigenvalue weighted by Crippen LogP contribution is -2.43. The van der Waals surface area contributed by atoms with Crippen LogP contribution in [0, 0.1) is 6.92 Å². The van der Waals surface area contributed by atoms with Crippen molar-refractivity contribution in [2.24, 2.45) is 5.73 Å². The van der Waals surface area contributed by atoms with E-state index in [1.54, 1.807) is 0 Å². The summed E-state index contributed by atoms with van der Waals surface area (Å²) in [6.07, 6.45) is 3.36. The Hall–Kier alpha value is -0.0500. The van der Waals surface area contributed by atoms with Crippen molar-refractivity contribution in [2.45, 2.75) is 31.7 Å². The van der Waals surface area contributed by atoms with Crippen LogP contribution in [0.1, 0.15) is 30.4 Å². The predicted octanol–water partition coefficient (Wildman–Crippen LogP) is 3.75. The van der Waals surface area contributed by atoms with E-state index in [9.17, 15) is 0 Å². The van der Waals surface area contributed by atoms with Crippen LogP contribution < -0.4 is 5.73 Å². The molecule has 0 heterocycles. The van der Waals surface area contributed by atoms with Crippen molar-refractivity contribution >= 4 is 27.5 Å². The van der Waals surface area contributed by atoms with Crippen LogP contribution in [0.25, 0.3) is 0 Å². The third kappa shape index (κ3) is 1.60.